The number of hydrogen-bond donors (Lipinski definition) is 0. The molecule has 0 aromatic heterocycles. The number of carbonyl (C=O) groups is 3. The fourth-order valence-electron chi connectivity index (χ4n) is 8.41. The summed E-state index contributed by atoms with van der Waals surface area (Å²) >= 11 is 0. The lowest BCUT2D eigenvalue weighted by atomic mass is 9.44. The van der Waals surface area contributed by atoms with Gasteiger partial charge in [-0.3, -0.25) is 14.4 Å². The zero-order valence-electron chi connectivity index (χ0n) is 19.4. The van der Waals surface area contributed by atoms with Gasteiger partial charge in [0.25, 0.3) is 0 Å². The van der Waals surface area contributed by atoms with E-state index >= 15 is 0 Å². The number of ether oxygens (including phenoxy) is 1. The Hall–Kier alpha value is -1.19. The fourth-order valence-corrected chi connectivity index (χ4v) is 8.41. The summed E-state index contributed by atoms with van der Waals surface area (Å²) in [5.74, 6) is 2.29. The van der Waals surface area contributed by atoms with E-state index < -0.39 is 5.41 Å². The van der Waals surface area contributed by atoms with Gasteiger partial charge in [0, 0.05) is 30.6 Å². The minimum atomic E-state index is -0.400. The Kier molecular flexibility index (Phi) is 5.91. The topological polar surface area (TPSA) is 60.4 Å². The van der Waals surface area contributed by atoms with Crippen LogP contribution in [0.1, 0.15) is 91.9 Å². The molecule has 4 rings (SSSR count). The van der Waals surface area contributed by atoms with E-state index in [9.17, 15) is 14.4 Å². The molecule has 0 N–H and O–H groups in total. The van der Waals surface area contributed by atoms with Gasteiger partial charge in [0.05, 0.1) is 6.61 Å². The molecule has 4 fully saturated rings. The lowest BCUT2D eigenvalue weighted by Crippen LogP contribution is -2.59. The third kappa shape index (κ3) is 3.28. The van der Waals surface area contributed by atoms with Crippen molar-refractivity contribution in [2.45, 2.75) is 91.9 Å². The fraction of sp³-hybridized carbons (Fsp3) is 0.885. The first kappa shape index (κ1) is 22.0. The van der Waals surface area contributed by atoms with Gasteiger partial charge < -0.3 is 4.74 Å². The maximum absolute atomic E-state index is 13.7. The minimum absolute atomic E-state index is 0.0781. The zero-order valence-corrected chi connectivity index (χ0v) is 19.4. The number of hydrogen-bond acceptors (Lipinski definition) is 4. The Morgan fingerprint density at radius 2 is 1.87 bits per heavy atom. The lowest BCUT2D eigenvalue weighted by Gasteiger charge is -2.59. The third-order valence-corrected chi connectivity index (χ3v) is 10.1. The molecule has 0 radical (unpaired) electrons. The molecule has 168 valence electrons. The maximum Gasteiger partial charge on any atom is 0.305 e. The van der Waals surface area contributed by atoms with Crippen LogP contribution in [0.2, 0.25) is 0 Å². The van der Waals surface area contributed by atoms with E-state index in [0.717, 1.165) is 32.1 Å². The van der Waals surface area contributed by atoms with Crippen LogP contribution in [0.4, 0.5) is 0 Å². The van der Waals surface area contributed by atoms with E-state index in [4.69, 9.17) is 4.74 Å². The van der Waals surface area contributed by atoms with Crippen LogP contribution < -0.4 is 0 Å². The van der Waals surface area contributed by atoms with Gasteiger partial charge in [0.1, 0.15) is 11.6 Å². The van der Waals surface area contributed by atoms with Gasteiger partial charge in [-0.25, -0.2) is 0 Å². The van der Waals surface area contributed by atoms with Gasteiger partial charge in [-0.1, -0.05) is 33.6 Å². The van der Waals surface area contributed by atoms with Crippen molar-refractivity contribution < 1.29 is 19.1 Å². The van der Waals surface area contributed by atoms with Gasteiger partial charge in [0.2, 0.25) is 0 Å². The van der Waals surface area contributed by atoms with Crippen LogP contribution in [-0.2, 0) is 19.1 Å². The van der Waals surface area contributed by atoms with Crippen LogP contribution >= 0.6 is 0 Å². The second-order valence-corrected chi connectivity index (χ2v) is 11.3. The molecular formula is C26H40O4. The molecule has 4 nitrogen and oxygen atoms in total. The molecule has 0 spiro atoms. The van der Waals surface area contributed by atoms with Crippen molar-refractivity contribution >= 4 is 17.5 Å². The van der Waals surface area contributed by atoms with Gasteiger partial charge in [0.15, 0.2) is 0 Å². The molecule has 4 saturated carbocycles. The van der Waals surface area contributed by atoms with E-state index in [1.807, 2.05) is 6.92 Å². The standard InChI is InChI=1S/C26H40O4/c1-5-30-23(29)12-9-16(2)18-10-11-19-24-20(15-22(28)26(18,19)4)25(3)13-7-6-8-17(25)14-21(24)27/h16-20,24H,5-15H2,1-4H3/t16-,17-,18-,19-,20-,24-,25+,26+/m1/s1. The third-order valence-electron chi connectivity index (χ3n) is 10.1. The summed E-state index contributed by atoms with van der Waals surface area (Å²) in [4.78, 5) is 39.0. The van der Waals surface area contributed by atoms with Gasteiger partial charge in [-0.15, -0.1) is 0 Å². The molecule has 0 aromatic carbocycles. The van der Waals surface area contributed by atoms with Crippen molar-refractivity contribution in [1.82, 2.24) is 0 Å². The minimum Gasteiger partial charge on any atom is -0.466 e. The highest BCUT2D eigenvalue weighted by molar-refractivity contribution is 5.92. The largest absolute Gasteiger partial charge is 0.466 e. The van der Waals surface area contributed by atoms with Crippen molar-refractivity contribution in [1.29, 1.82) is 0 Å². The first-order chi connectivity index (χ1) is 14.2. The second kappa shape index (κ2) is 8.06. The van der Waals surface area contributed by atoms with E-state index in [-0.39, 0.29) is 35.1 Å². The normalized spacial score (nSPS) is 44.1. The Morgan fingerprint density at radius 1 is 1.10 bits per heavy atom. The van der Waals surface area contributed by atoms with Crippen LogP contribution in [0.25, 0.3) is 0 Å². The van der Waals surface area contributed by atoms with Gasteiger partial charge in [-0.05, 0) is 74.0 Å². The Morgan fingerprint density at radius 3 is 2.60 bits per heavy atom. The first-order valence-corrected chi connectivity index (χ1v) is 12.4. The van der Waals surface area contributed by atoms with Crippen LogP contribution in [0.3, 0.4) is 0 Å². The smallest absolute Gasteiger partial charge is 0.305 e. The summed E-state index contributed by atoms with van der Waals surface area (Å²) in [6.45, 7) is 9.00. The summed E-state index contributed by atoms with van der Waals surface area (Å²) in [6, 6.07) is 0. The molecule has 0 aliphatic heterocycles. The maximum atomic E-state index is 13.7. The lowest BCUT2D eigenvalue weighted by molar-refractivity contribution is -0.165. The molecule has 4 aliphatic rings. The van der Waals surface area contributed by atoms with Crippen molar-refractivity contribution in [3.05, 3.63) is 0 Å². The molecule has 4 heteroatoms. The summed E-state index contributed by atoms with van der Waals surface area (Å²) in [5, 5.41) is 0. The molecule has 0 saturated heterocycles. The SMILES string of the molecule is CCOC(=O)CC[C@@H](C)[C@H]1CC[C@@H]2[C@H]3C(=O)C[C@H]4CCCC[C@]4(C)[C@@H]3CC(=O)[C@]21C. The van der Waals surface area contributed by atoms with Gasteiger partial charge >= 0.3 is 5.97 Å². The summed E-state index contributed by atoms with van der Waals surface area (Å²) < 4.78 is 5.10. The highest BCUT2D eigenvalue weighted by atomic mass is 16.5. The molecule has 0 bridgehead atoms. The summed E-state index contributed by atoms with van der Waals surface area (Å²) in [5.41, 5.74) is -0.232. The number of ketones is 2. The van der Waals surface area contributed by atoms with Crippen molar-refractivity contribution in [2.24, 2.45) is 46.3 Å². The average molecular weight is 417 g/mol. The average Bonchev–Trinajstić information content (AvgIpc) is 3.06. The Bertz CT molecular complexity index is 714. The van der Waals surface area contributed by atoms with Crippen LogP contribution in [0.15, 0.2) is 0 Å². The molecule has 8 atom stereocenters. The second-order valence-electron chi connectivity index (χ2n) is 11.3. The van der Waals surface area contributed by atoms with Crippen LogP contribution in [0.5, 0.6) is 0 Å². The number of carbonyl (C=O) groups excluding carboxylic acids is 3. The Labute approximate surface area is 181 Å². The molecular weight excluding hydrogens is 376 g/mol. The molecule has 0 unspecified atom stereocenters. The number of Topliss-reactive ketones (excluding diaryl/α,β-unsaturated/α-hetero) is 2. The van der Waals surface area contributed by atoms with E-state index in [1.54, 1.807) is 0 Å². The molecule has 30 heavy (non-hydrogen) atoms. The monoisotopic (exact) mass is 416 g/mol. The summed E-state index contributed by atoms with van der Waals surface area (Å²) in [6.07, 6.45) is 9.34. The Balaban J connectivity index is 1.56. The van der Waals surface area contributed by atoms with Crippen molar-refractivity contribution in [2.75, 3.05) is 6.61 Å². The van der Waals surface area contributed by atoms with Crippen LogP contribution in [-0.4, -0.2) is 24.1 Å². The first-order valence-electron chi connectivity index (χ1n) is 12.4. The summed E-state index contributed by atoms with van der Waals surface area (Å²) in [7, 11) is 0. The van der Waals surface area contributed by atoms with Gasteiger partial charge in [-0.2, -0.15) is 0 Å². The van der Waals surface area contributed by atoms with E-state index in [2.05, 4.69) is 20.8 Å². The quantitative estimate of drug-likeness (QED) is 0.565. The van der Waals surface area contributed by atoms with E-state index in [1.165, 1.54) is 19.3 Å². The number of esters is 1. The van der Waals surface area contributed by atoms with E-state index in [0.29, 0.717) is 42.9 Å². The zero-order chi connectivity index (χ0) is 21.7. The molecule has 0 heterocycles. The predicted molar refractivity (Wildman–Crippen MR) is 116 cm³/mol. The predicted octanol–water partition coefficient (Wildman–Crippen LogP) is 5.37. The number of rotatable bonds is 5. The van der Waals surface area contributed by atoms with Crippen LogP contribution in [0, 0.1) is 46.3 Å². The highest BCUT2D eigenvalue weighted by Gasteiger charge is 2.65. The highest BCUT2D eigenvalue weighted by Crippen LogP contribution is 2.66. The molecule has 0 aromatic rings. The van der Waals surface area contributed by atoms with Crippen molar-refractivity contribution in [3.8, 4) is 0 Å². The molecule has 4 aliphatic carbocycles. The van der Waals surface area contributed by atoms with Crippen molar-refractivity contribution in [3.63, 3.8) is 0 Å². The number of fused-ring (bicyclic) bond motifs is 5. The molecule has 0 amide bonds.